The molecule has 1 N–H and O–H groups in total. The van der Waals surface area contributed by atoms with E-state index in [1.165, 1.54) is 6.20 Å². The summed E-state index contributed by atoms with van der Waals surface area (Å²) in [5.41, 5.74) is -0.782. The molecule has 0 spiro atoms. The van der Waals surface area contributed by atoms with E-state index in [0.29, 0.717) is 12.8 Å². The number of carbonyl (C=O) groups is 1. The van der Waals surface area contributed by atoms with Crippen molar-refractivity contribution in [2.24, 2.45) is 0 Å². The quantitative estimate of drug-likeness (QED) is 0.868. The van der Waals surface area contributed by atoms with Crippen molar-refractivity contribution in [3.8, 4) is 6.07 Å². The first-order valence-corrected chi connectivity index (χ1v) is 5.41. The van der Waals surface area contributed by atoms with E-state index in [0.717, 1.165) is 12.3 Å². The normalized spacial score (nSPS) is 10.7. The van der Waals surface area contributed by atoms with Gasteiger partial charge in [0.2, 0.25) is 0 Å². The lowest BCUT2D eigenvalue weighted by molar-refractivity contribution is 0.0914. The molecule has 0 aliphatic carbocycles. The van der Waals surface area contributed by atoms with Crippen LogP contribution >= 0.6 is 0 Å². The van der Waals surface area contributed by atoms with Gasteiger partial charge in [0, 0.05) is 6.20 Å². The molecule has 0 aliphatic rings. The third kappa shape index (κ3) is 3.00. The Bertz CT molecular complexity index is 449. The Balaban J connectivity index is 2.89. The lowest BCUT2D eigenvalue weighted by Crippen LogP contribution is -2.46. The van der Waals surface area contributed by atoms with E-state index in [1.54, 1.807) is 0 Å². The largest absolute Gasteiger partial charge is 0.334 e. The Morgan fingerprint density at radius 3 is 2.65 bits per heavy atom. The summed E-state index contributed by atoms with van der Waals surface area (Å²) in [4.78, 5) is 15.4. The van der Waals surface area contributed by atoms with Gasteiger partial charge in [0.25, 0.3) is 5.91 Å². The van der Waals surface area contributed by atoms with Gasteiger partial charge in [-0.1, -0.05) is 13.8 Å². The van der Waals surface area contributed by atoms with Crippen LogP contribution in [0.25, 0.3) is 0 Å². The lowest BCUT2D eigenvalue weighted by atomic mass is 9.94. The molecule has 5 heteroatoms. The first-order valence-electron chi connectivity index (χ1n) is 5.41. The van der Waals surface area contributed by atoms with E-state index in [9.17, 15) is 9.18 Å². The van der Waals surface area contributed by atoms with Gasteiger partial charge >= 0.3 is 0 Å². The van der Waals surface area contributed by atoms with Crippen LogP contribution in [0.3, 0.4) is 0 Å². The molecule has 0 atom stereocenters. The summed E-state index contributed by atoms with van der Waals surface area (Å²) in [5, 5.41) is 11.7. The first-order chi connectivity index (χ1) is 8.06. The third-order valence-corrected chi connectivity index (χ3v) is 2.74. The average Bonchev–Trinajstić information content (AvgIpc) is 2.36. The number of halogens is 1. The van der Waals surface area contributed by atoms with Crippen LogP contribution < -0.4 is 5.32 Å². The maximum atomic E-state index is 12.9. The Morgan fingerprint density at radius 2 is 2.18 bits per heavy atom. The number of aromatic nitrogens is 1. The van der Waals surface area contributed by atoms with Gasteiger partial charge in [0.05, 0.1) is 17.8 Å². The second-order valence-corrected chi connectivity index (χ2v) is 3.75. The van der Waals surface area contributed by atoms with Crippen LogP contribution in [0.5, 0.6) is 0 Å². The van der Waals surface area contributed by atoms with Crippen molar-refractivity contribution >= 4 is 5.91 Å². The van der Waals surface area contributed by atoms with Crippen molar-refractivity contribution in [2.45, 2.75) is 32.2 Å². The van der Waals surface area contributed by atoms with Gasteiger partial charge in [-0.05, 0) is 18.9 Å². The lowest BCUT2D eigenvalue weighted by Gasteiger charge is -2.24. The van der Waals surface area contributed by atoms with E-state index in [2.05, 4.69) is 16.4 Å². The van der Waals surface area contributed by atoms with Crippen molar-refractivity contribution in [2.75, 3.05) is 0 Å². The molecule has 0 unspecified atom stereocenters. The molecular formula is C12H14FN3O. The summed E-state index contributed by atoms with van der Waals surface area (Å²) < 4.78 is 12.9. The number of rotatable bonds is 4. The average molecular weight is 235 g/mol. The summed E-state index contributed by atoms with van der Waals surface area (Å²) >= 11 is 0. The maximum Gasteiger partial charge on any atom is 0.254 e. The Labute approximate surface area is 99.5 Å². The summed E-state index contributed by atoms with van der Waals surface area (Å²) in [6.07, 6.45) is 3.28. The molecular weight excluding hydrogens is 221 g/mol. The molecule has 1 aromatic rings. The molecule has 0 bridgehead atoms. The second-order valence-electron chi connectivity index (χ2n) is 3.75. The topological polar surface area (TPSA) is 65.8 Å². The van der Waals surface area contributed by atoms with Crippen LogP contribution in [-0.2, 0) is 0 Å². The molecule has 0 aliphatic heterocycles. The fraction of sp³-hybridized carbons (Fsp3) is 0.417. The van der Waals surface area contributed by atoms with E-state index in [4.69, 9.17) is 5.26 Å². The minimum atomic E-state index is -0.899. The molecule has 0 aromatic carbocycles. The van der Waals surface area contributed by atoms with Crippen LogP contribution in [0.2, 0.25) is 0 Å². The van der Waals surface area contributed by atoms with Crippen molar-refractivity contribution < 1.29 is 9.18 Å². The zero-order chi connectivity index (χ0) is 12.9. The molecule has 1 rings (SSSR count). The number of carbonyl (C=O) groups excluding carboxylic acids is 1. The Kier molecular flexibility index (Phi) is 4.16. The van der Waals surface area contributed by atoms with Gasteiger partial charge < -0.3 is 5.32 Å². The molecule has 1 amide bonds. The predicted molar refractivity (Wildman–Crippen MR) is 60.6 cm³/mol. The molecule has 17 heavy (non-hydrogen) atoms. The molecule has 0 radical (unpaired) electrons. The smallest absolute Gasteiger partial charge is 0.254 e. The van der Waals surface area contributed by atoms with Gasteiger partial charge in [-0.3, -0.25) is 9.78 Å². The molecule has 1 heterocycles. The van der Waals surface area contributed by atoms with Gasteiger partial charge in [-0.15, -0.1) is 0 Å². The molecule has 0 saturated heterocycles. The summed E-state index contributed by atoms with van der Waals surface area (Å²) in [6, 6.07) is 3.18. The number of nitrogens with one attached hydrogen (secondary N) is 1. The zero-order valence-corrected chi connectivity index (χ0v) is 9.83. The molecule has 0 fully saturated rings. The molecule has 1 aromatic heterocycles. The Morgan fingerprint density at radius 1 is 1.53 bits per heavy atom. The van der Waals surface area contributed by atoms with Crippen LogP contribution in [0.15, 0.2) is 18.5 Å². The summed E-state index contributed by atoms with van der Waals surface area (Å²) in [5.74, 6) is -1.06. The van der Waals surface area contributed by atoms with Crippen LogP contribution in [-0.4, -0.2) is 16.4 Å². The summed E-state index contributed by atoms with van der Waals surface area (Å²) in [6.45, 7) is 3.63. The van der Waals surface area contributed by atoms with E-state index in [-0.39, 0.29) is 5.56 Å². The monoisotopic (exact) mass is 235 g/mol. The fourth-order valence-electron chi connectivity index (χ4n) is 1.44. The van der Waals surface area contributed by atoms with Gasteiger partial charge in [0.1, 0.15) is 11.4 Å². The van der Waals surface area contributed by atoms with Crippen molar-refractivity contribution in [1.82, 2.24) is 10.3 Å². The highest BCUT2D eigenvalue weighted by molar-refractivity contribution is 5.94. The number of hydrogen-bond acceptors (Lipinski definition) is 3. The SMILES string of the molecule is CCC(C#N)(CC)NC(=O)c1cncc(F)c1. The van der Waals surface area contributed by atoms with Gasteiger partial charge in [0.15, 0.2) is 0 Å². The first kappa shape index (κ1) is 13.1. The minimum Gasteiger partial charge on any atom is -0.334 e. The van der Waals surface area contributed by atoms with Crippen LogP contribution in [0.1, 0.15) is 37.0 Å². The van der Waals surface area contributed by atoms with Crippen LogP contribution in [0.4, 0.5) is 4.39 Å². The number of amides is 1. The maximum absolute atomic E-state index is 12.9. The zero-order valence-electron chi connectivity index (χ0n) is 9.83. The number of nitrogens with zero attached hydrogens (tertiary/aromatic N) is 2. The highest BCUT2D eigenvalue weighted by Gasteiger charge is 2.28. The van der Waals surface area contributed by atoms with Gasteiger partial charge in [-0.2, -0.15) is 5.26 Å². The number of pyridine rings is 1. The number of hydrogen-bond donors (Lipinski definition) is 1. The van der Waals surface area contributed by atoms with E-state index >= 15 is 0 Å². The standard InChI is InChI=1S/C12H14FN3O/c1-3-12(4-2,8-14)16-11(17)9-5-10(13)7-15-6-9/h5-7H,3-4H2,1-2H3,(H,16,17). The van der Waals surface area contributed by atoms with E-state index in [1.807, 2.05) is 13.8 Å². The van der Waals surface area contributed by atoms with Gasteiger partial charge in [-0.25, -0.2) is 4.39 Å². The predicted octanol–water partition coefficient (Wildman–Crippen LogP) is 2.03. The highest BCUT2D eigenvalue weighted by atomic mass is 19.1. The number of nitriles is 1. The van der Waals surface area contributed by atoms with Crippen molar-refractivity contribution in [3.05, 3.63) is 29.8 Å². The highest BCUT2D eigenvalue weighted by Crippen LogP contribution is 2.14. The van der Waals surface area contributed by atoms with Crippen molar-refractivity contribution in [1.29, 1.82) is 5.26 Å². The second kappa shape index (κ2) is 5.39. The van der Waals surface area contributed by atoms with Crippen molar-refractivity contribution in [3.63, 3.8) is 0 Å². The minimum absolute atomic E-state index is 0.117. The fourth-order valence-corrected chi connectivity index (χ4v) is 1.44. The van der Waals surface area contributed by atoms with E-state index < -0.39 is 17.3 Å². The summed E-state index contributed by atoms with van der Waals surface area (Å²) in [7, 11) is 0. The molecule has 4 nitrogen and oxygen atoms in total. The van der Waals surface area contributed by atoms with Crippen LogP contribution in [0, 0.1) is 17.1 Å². The third-order valence-electron chi connectivity index (χ3n) is 2.74. The molecule has 0 saturated carbocycles. The Hall–Kier alpha value is -1.96. The molecule has 90 valence electrons.